The van der Waals surface area contributed by atoms with E-state index in [0.717, 1.165) is 42.8 Å². The van der Waals surface area contributed by atoms with Gasteiger partial charge in [-0.05, 0) is 36.7 Å². The van der Waals surface area contributed by atoms with E-state index in [1.54, 1.807) is 6.08 Å². The molecule has 0 aliphatic carbocycles. The van der Waals surface area contributed by atoms with Crippen LogP contribution < -0.4 is 0 Å². The summed E-state index contributed by atoms with van der Waals surface area (Å²) in [6, 6.07) is 7.95. The van der Waals surface area contributed by atoms with Gasteiger partial charge in [-0.3, -0.25) is 9.69 Å². The van der Waals surface area contributed by atoms with Crippen molar-refractivity contribution in [2.24, 2.45) is 0 Å². The Bertz CT molecular complexity index is 462. The number of carbonyl (C=O) groups excluding carboxylic acids is 1. The number of hydrogen-bond donors (Lipinski definition) is 0. The van der Waals surface area contributed by atoms with Crippen molar-refractivity contribution in [3.8, 4) is 0 Å². The molecule has 4 heteroatoms. The van der Waals surface area contributed by atoms with Crippen molar-refractivity contribution in [1.29, 1.82) is 0 Å². The molecule has 1 heterocycles. The molecule has 0 unspecified atom stereocenters. The summed E-state index contributed by atoms with van der Waals surface area (Å²) in [7, 11) is 0. The van der Waals surface area contributed by atoms with Crippen molar-refractivity contribution in [3.63, 3.8) is 0 Å². The van der Waals surface area contributed by atoms with Gasteiger partial charge in [-0.15, -0.1) is 0 Å². The molecule has 1 amide bonds. The van der Waals surface area contributed by atoms with Crippen molar-refractivity contribution in [2.45, 2.75) is 13.3 Å². The molecule has 1 aliphatic heterocycles. The molecule has 1 saturated heterocycles. The molecule has 0 radical (unpaired) electrons. The standard InChI is InChI=1S/C16H21BrN2O/c1-2-9-18-10-12-19(13-11-18)16(20)8-5-14-3-6-15(17)7-4-14/h3-8H,2,9-13H2,1H3. The Hall–Kier alpha value is -1.13. The minimum atomic E-state index is 0.115. The first kappa shape index (κ1) is 15.3. The number of piperazine rings is 1. The Morgan fingerprint density at radius 2 is 1.85 bits per heavy atom. The molecular formula is C16H21BrN2O. The highest BCUT2D eigenvalue weighted by atomic mass is 79.9. The van der Waals surface area contributed by atoms with Gasteiger partial charge in [-0.1, -0.05) is 35.0 Å². The minimum Gasteiger partial charge on any atom is -0.337 e. The van der Waals surface area contributed by atoms with Gasteiger partial charge in [0.25, 0.3) is 0 Å². The maximum atomic E-state index is 12.1. The molecule has 0 spiro atoms. The average molecular weight is 337 g/mol. The van der Waals surface area contributed by atoms with Gasteiger partial charge < -0.3 is 4.90 Å². The van der Waals surface area contributed by atoms with Gasteiger partial charge in [-0.2, -0.15) is 0 Å². The zero-order valence-corrected chi connectivity index (χ0v) is 13.5. The summed E-state index contributed by atoms with van der Waals surface area (Å²) in [6.45, 7) is 6.99. The van der Waals surface area contributed by atoms with Crippen LogP contribution in [0.1, 0.15) is 18.9 Å². The molecule has 1 aliphatic rings. The molecular weight excluding hydrogens is 316 g/mol. The summed E-state index contributed by atoms with van der Waals surface area (Å²) in [6.07, 6.45) is 4.74. The van der Waals surface area contributed by atoms with Gasteiger partial charge >= 0.3 is 0 Å². The van der Waals surface area contributed by atoms with E-state index in [-0.39, 0.29) is 5.91 Å². The van der Waals surface area contributed by atoms with Crippen molar-refractivity contribution in [2.75, 3.05) is 32.7 Å². The highest BCUT2D eigenvalue weighted by Gasteiger charge is 2.18. The first-order chi connectivity index (χ1) is 9.69. The fourth-order valence-corrected chi connectivity index (χ4v) is 2.62. The SMILES string of the molecule is CCCN1CCN(C(=O)C=Cc2ccc(Br)cc2)CC1. The molecule has 0 aromatic heterocycles. The molecule has 20 heavy (non-hydrogen) atoms. The molecule has 108 valence electrons. The normalized spacial score (nSPS) is 16.8. The van der Waals surface area contributed by atoms with Crippen molar-refractivity contribution in [1.82, 2.24) is 9.80 Å². The number of benzene rings is 1. The maximum absolute atomic E-state index is 12.1. The Morgan fingerprint density at radius 3 is 2.45 bits per heavy atom. The summed E-state index contributed by atoms with van der Waals surface area (Å²) in [5.74, 6) is 0.115. The van der Waals surface area contributed by atoms with Gasteiger partial charge in [0.2, 0.25) is 5.91 Å². The second-order valence-corrected chi connectivity index (χ2v) is 5.97. The summed E-state index contributed by atoms with van der Waals surface area (Å²) in [5, 5.41) is 0. The quantitative estimate of drug-likeness (QED) is 0.789. The van der Waals surface area contributed by atoms with Gasteiger partial charge in [0, 0.05) is 36.7 Å². The maximum Gasteiger partial charge on any atom is 0.246 e. The summed E-state index contributed by atoms with van der Waals surface area (Å²) < 4.78 is 1.05. The molecule has 1 fully saturated rings. The average Bonchev–Trinajstić information content (AvgIpc) is 2.47. The van der Waals surface area contributed by atoms with Crippen LogP contribution in [0.25, 0.3) is 6.08 Å². The van der Waals surface area contributed by atoms with Crippen LogP contribution in [0.5, 0.6) is 0 Å². The molecule has 3 nitrogen and oxygen atoms in total. The topological polar surface area (TPSA) is 23.6 Å². The van der Waals surface area contributed by atoms with E-state index in [9.17, 15) is 4.79 Å². The van der Waals surface area contributed by atoms with E-state index in [2.05, 4.69) is 27.8 Å². The number of carbonyl (C=O) groups is 1. The molecule has 1 aromatic rings. The van der Waals surface area contributed by atoms with Crippen LogP contribution >= 0.6 is 15.9 Å². The first-order valence-corrected chi connectivity index (χ1v) is 7.93. The molecule has 0 bridgehead atoms. The highest BCUT2D eigenvalue weighted by Crippen LogP contribution is 2.12. The Morgan fingerprint density at radius 1 is 1.20 bits per heavy atom. The van der Waals surface area contributed by atoms with Gasteiger partial charge in [0.05, 0.1) is 0 Å². The highest BCUT2D eigenvalue weighted by molar-refractivity contribution is 9.10. The number of nitrogens with zero attached hydrogens (tertiary/aromatic N) is 2. The Balaban J connectivity index is 1.85. The second-order valence-electron chi connectivity index (χ2n) is 5.05. The fraction of sp³-hybridized carbons (Fsp3) is 0.438. The van der Waals surface area contributed by atoms with Crippen LogP contribution in [0, 0.1) is 0 Å². The lowest BCUT2D eigenvalue weighted by Gasteiger charge is -2.34. The van der Waals surface area contributed by atoms with Crippen LogP contribution in [0.3, 0.4) is 0 Å². The third-order valence-electron chi connectivity index (χ3n) is 3.51. The molecule has 0 atom stereocenters. The van der Waals surface area contributed by atoms with E-state index in [1.165, 1.54) is 6.42 Å². The number of rotatable bonds is 4. The van der Waals surface area contributed by atoms with Gasteiger partial charge in [0.15, 0.2) is 0 Å². The fourth-order valence-electron chi connectivity index (χ4n) is 2.35. The summed E-state index contributed by atoms with van der Waals surface area (Å²) in [5.41, 5.74) is 1.05. The molecule has 0 N–H and O–H groups in total. The van der Waals surface area contributed by atoms with Crippen LogP contribution in [0.2, 0.25) is 0 Å². The molecule has 1 aromatic carbocycles. The van der Waals surface area contributed by atoms with E-state index in [4.69, 9.17) is 0 Å². The van der Waals surface area contributed by atoms with E-state index in [1.807, 2.05) is 35.2 Å². The number of amides is 1. The molecule has 0 saturated carbocycles. The van der Waals surface area contributed by atoms with Crippen LogP contribution in [0.4, 0.5) is 0 Å². The van der Waals surface area contributed by atoms with Crippen molar-refractivity contribution in [3.05, 3.63) is 40.4 Å². The van der Waals surface area contributed by atoms with E-state index in [0.29, 0.717) is 0 Å². The zero-order valence-electron chi connectivity index (χ0n) is 11.9. The van der Waals surface area contributed by atoms with Crippen molar-refractivity contribution < 1.29 is 4.79 Å². The van der Waals surface area contributed by atoms with E-state index >= 15 is 0 Å². The Kier molecular flexibility index (Phi) is 5.80. The minimum absolute atomic E-state index is 0.115. The van der Waals surface area contributed by atoms with Crippen LogP contribution in [-0.2, 0) is 4.79 Å². The molecule has 2 rings (SSSR count). The number of halogens is 1. The first-order valence-electron chi connectivity index (χ1n) is 7.14. The van der Waals surface area contributed by atoms with Crippen LogP contribution in [-0.4, -0.2) is 48.4 Å². The second kappa shape index (κ2) is 7.60. The van der Waals surface area contributed by atoms with Gasteiger partial charge in [0.1, 0.15) is 0 Å². The lowest BCUT2D eigenvalue weighted by atomic mass is 10.2. The monoisotopic (exact) mass is 336 g/mol. The predicted octanol–water partition coefficient (Wildman–Crippen LogP) is 3.02. The Labute approximate surface area is 129 Å². The third kappa shape index (κ3) is 4.46. The summed E-state index contributed by atoms with van der Waals surface area (Å²) in [4.78, 5) is 16.5. The lowest BCUT2D eigenvalue weighted by molar-refractivity contribution is -0.127. The predicted molar refractivity (Wildman–Crippen MR) is 86.5 cm³/mol. The smallest absolute Gasteiger partial charge is 0.246 e. The van der Waals surface area contributed by atoms with Crippen molar-refractivity contribution >= 4 is 27.9 Å². The van der Waals surface area contributed by atoms with Gasteiger partial charge in [-0.25, -0.2) is 0 Å². The largest absolute Gasteiger partial charge is 0.337 e. The lowest BCUT2D eigenvalue weighted by Crippen LogP contribution is -2.48. The van der Waals surface area contributed by atoms with Crippen LogP contribution in [0.15, 0.2) is 34.8 Å². The van der Waals surface area contributed by atoms with E-state index < -0.39 is 0 Å². The zero-order chi connectivity index (χ0) is 14.4. The summed E-state index contributed by atoms with van der Waals surface area (Å²) >= 11 is 3.40. The number of hydrogen-bond acceptors (Lipinski definition) is 2. The third-order valence-corrected chi connectivity index (χ3v) is 4.04.